The molecule has 0 bridgehead atoms. The van der Waals surface area contributed by atoms with Crippen molar-refractivity contribution < 1.29 is 4.52 Å². The van der Waals surface area contributed by atoms with Crippen molar-refractivity contribution >= 4 is 29.0 Å². The van der Waals surface area contributed by atoms with E-state index in [1.54, 1.807) is 0 Å². The third-order valence-corrected chi connectivity index (χ3v) is 3.38. The van der Waals surface area contributed by atoms with Gasteiger partial charge >= 0.3 is 0 Å². The molecule has 7 nitrogen and oxygen atoms in total. The number of anilines is 5. The minimum absolute atomic E-state index is 0.523. The van der Waals surface area contributed by atoms with Gasteiger partial charge in [0, 0.05) is 43.3 Å². The van der Waals surface area contributed by atoms with E-state index in [1.165, 1.54) is 0 Å². The largest absolute Gasteiger partial charge is 0.378 e. The Balaban J connectivity index is 1.78. The zero-order chi connectivity index (χ0) is 17.1. The van der Waals surface area contributed by atoms with E-state index in [4.69, 9.17) is 4.52 Å². The predicted octanol–water partition coefficient (Wildman–Crippen LogP) is 3.63. The van der Waals surface area contributed by atoms with E-state index in [1.807, 2.05) is 64.3 Å². The fourth-order valence-electron chi connectivity index (χ4n) is 2.22. The van der Waals surface area contributed by atoms with E-state index in [0.29, 0.717) is 17.6 Å². The minimum atomic E-state index is 0.523. The van der Waals surface area contributed by atoms with Crippen molar-refractivity contribution in [2.24, 2.45) is 0 Å². The van der Waals surface area contributed by atoms with Crippen molar-refractivity contribution in [2.45, 2.75) is 13.8 Å². The van der Waals surface area contributed by atoms with Crippen LogP contribution in [0, 0.1) is 13.8 Å². The van der Waals surface area contributed by atoms with E-state index in [9.17, 15) is 0 Å². The van der Waals surface area contributed by atoms with E-state index < -0.39 is 0 Å². The predicted molar refractivity (Wildman–Crippen MR) is 95.3 cm³/mol. The van der Waals surface area contributed by atoms with Gasteiger partial charge in [0.05, 0.1) is 0 Å². The van der Waals surface area contributed by atoms with Crippen LogP contribution in [0.2, 0.25) is 0 Å². The molecule has 124 valence electrons. The van der Waals surface area contributed by atoms with Gasteiger partial charge in [0.25, 0.3) is 0 Å². The van der Waals surface area contributed by atoms with Crippen molar-refractivity contribution in [3.63, 3.8) is 0 Å². The zero-order valence-corrected chi connectivity index (χ0v) is 14.2. The maximum atomic E-state index is 5.05. The van der Waals surface area contributed by atoms with Gasteiger partial charge in [-0.25, -0.2) is 4.98 Å². The maximum Gasteiger partial charge on any atom is 0.229 e. The lowest BCUT2D eigenvalue weighted by Gasteiger charge is -2.13. The number of hydrogen-bond donors (Lipinski definition) is 2. The molecule has 0 amide bonds. The molecule has 3 rings (SSSR count). The molecule has 2 N–H and O–H groups in total. The van der Waals surface area contributed by atoms with Crippen molar-refractivity contribution in [3.8, 4) is 0 Å². The number of nitrogens with one attached hydrogen (secondary N) is 2. The molecule has 0 fully saturated rings. The molecule has 0 aliphatic rings. The molecule has 0 aliphatic carbocycles. The number of aromatic nitrogens is 3. The number of aryl methyl sites for hydroxylation is 2. The van der Waals surface area contributed by atoms with Gasteiger partial charge in [-0.05, 0) is 38.1 Å². The van der Waals surface area contributed by atoms with E-state index in [2.05, 4.69) is 30.7 Å². The second-order valence-electron chi connectivity index (χ2n) is 5.73. The molecule has 0 radical (unpaired) electrons. The Hall–Kier alpha value is -3.09. The fourth-order valence-corrected chi connectivity index (χ4v) is 2.22. The number of hydrogen-bond acceptors (Lipinski definition) is 7. The SMILES string of the molecule is Cc1cc(Nc2cc(C)on2)nc(Nc2ccc(N(C)C)cc2)n1. The summed E-state index contributed by atoms with van der Waals surface area (Å²) in [6.45, 7) is 3.76. The van der Waals surface area contributed by atoms with Gasteiger partial charge in [0.15, 0.2) is 5.82 Å². The summed E-state index contributed by atoms with van der Waals surface area (Å²) in [4.78, 5) is 10.9. The molecule has 2 heterocycles. The lowest BCUT2D eigenvalue weighted by molar-refractivity contribution is 0.400. The van der Waals surface area contributed by atoms with Crippen LogP contribution >= 0.6 is 0 Å². The summed E-state index contributed by atoms with van der Waals surface area (Å²) in [5.74, 6) is 2.54. The van der Waals surface area contributed by atoms with Crippen molar-refractivity contribution in [3.05, 3.63) is 47.9 Å². The molecule has 0 unspecified atom stereocenters. The third kappa shape index (κ3) is 3.81. The van der Waals surface area contributed by atoms with Gasteiger partial charge in [0.2, 0.25) is 5.95 Å². The quantitative estimate of drug-likeness (QED) is 0.741. The monoisotopic (exact) mass is 324 g/mol. The summed E-state index contributed by atoms with van der Waals surface area (Å²) in [5.41, 5.74) is 2.91. The van der Waals surface area contributed by atoms with Crippen molar-refractivity contribution in [1.82, 2.24) is 15.1 Å². The first kappa shape index (κ1) is 15.8. The van der Waals surface area contributed by atoms with E-state index >= 15 is 0 Å². The third-order valence-electron chi connectivity index (χ3n) is 3.38. The smallest absolute Gasteiger partial charge is 0.229 e. The van der Waals surface area contributed by atoms with Crippen LogP contribution in [-0.4, -0.2) is 29.2 Å². The maximum absolute atomic E-state index is 5.05. The molecule has 0 atom stereocenters. The second-order valence-corrected chi connectivity index (χ2v) is 5.73. The van der Waals surface area contributed by atoms with Crippen LogP contribution in [0.25, 0.3) is 0 Å². The van der Waals surface area contributed by atoms with Gasteiger partial charge in [-0.3, -0.25) is 0 Å². The Morgan fingerprint density at radius 3 is 2.29 bits per heavy atom. The van der Waals surface area contributed by atoms with E-state index in [-0.39, 0.29) is 0 Å². The summed E-state index contributed by atoms with van der Waals surface area (Å²) in [7, 11) is 4.02. The molecule has 3 aromatic rings. The average molecular weight is 324 g/mol. The highest BCUT2D eigenvalue weighted by atomic mass is 16.5. The lowest BCUT2D eigenvalue weighted by Crippen LogP contribution is -2.08. The van der Waals surface area contributed by atoms with Gasteiger partial charge in [0.1, 0.15) is 11.6 Å². The van der Waals surface area contributed by atoms with Crippen LogP contribution in [0.15, 0.2) is 40.9 Å². The van der Waals surface area contributed by atoms with Gasteiger partial charge < -0.3 is 20.1 Å². The summed E-state index contributed by atoms with van der Waals surface area (Å²) in [5, 5.41) is 10.2. The first-order chi connectivity index (χ1) is 11.5. The van der Waals surface area contributed by atoms with Crippen LogP contribution in [-0.2, 0) is 0 Å². The molecule has 7 heteroatoms. The van der Waals surface area contributed by atoms with Crippen LogP contribution in [0.3, 0.4) is 0 Å². The van der Waals surface area contributed by atoms with Crippen LogP contribution < -0.4 is 15.5 Å². The first-order valence-electron chi connectivity index (χ1n) is 7.60. The average Bonchev–Trinajstić information content (AvgIpc) is 2.92. The number of benzene rings is 1. The second kappa shape index (κ2) is 6.57. The molecule has 0 saturated carbocycles. The van der Waals surface area contributed by atoms with Gasteiger partial charge in [-0.15, -0.1) is 0 Å². The minimum Gasteiger partial charge on any atom is -0.378 e. The normalized spacial score (nSPS) is 10.5. The van der Waals surface area contributed by atoms with Crippen molar-refractivity contribution in [1.29, 1.82) is 0 Å². The van der Waals surface area contributed by atoms with Crippen LogP contribution in [0.1, 0.15) is 11.5 Å². The van der Waals surface area contributed by atoms with Crippen molar-refractivity contribution in [2.75, 3.05) is 29.6 Å². The zero-order valence-electron chi connectivity index (χ0n) is 14.2. The van der Waals surface area contributed by atoms with Gasteiger partial charge in [-0.2, -0.15) is 4.98 Å². The van der Waals surface area contributed by atoms with Crippen LogP contribution in [0.5, 0.6) is 0 Å². The molecule has 0 aliphatic heterocycles. The van der Waals surface area contributed by atoms with Crippen LogP contribution in [0.4, 0.5) is 29.0 Å². The molecule has 2 aromatic heterocycles. The standard InChI is InChI=1S/C17H20N6O/c1-11-9-15(20-16-10-12(2)24-22-16)21-17(18-11)19-13-5-7-14(8-6-13)23(3)4/h5-10H,1-4H3,(H2,18,19,20,21,22). The highest BCUT2D eigenvalue weighted by Crippen LogP contribution is 2.21. The first-order valence-corrected chi connectivity index (χ1v) is 7.60. The highest BCUT2D eigenvalue weighted by Gasteiger charge is 2.06. The summed E-state index contributed by atoms with van der Waals surface area (Å²) < 4.78 is 5.05. The summed E-state index contributed by atoms with van der Waals surface area (Å²) >= 11 is 0. The molecule has 24 heavy (non-hydrogen) atoms. The fraction of sp³-hybridized carbons (Fsp3) is 0.235. The Morgan fingerprint density at radius 1 is 0.917 bits per heavy atom. The summed E-state index contributed by atoms with van der Waals surface area (Å²) in [6.07, 6.45) is 0. The molecule has 0 spiro atoms. The van der Waals surface area contributed by atoms with E-state index in [0.717, 1.165) is 22.8 Å². The Bertz CT molecular complexity index is 825. The Labute approximate surface area is 140 Å². The number of rotatable bonds is 5. The molecular formula is C17H20N6O. The lowest BCUT2D eigenvalue weighted by atomic mass is 10.2. The molecular weight excluding hydrogens is 304 g/mol. The number of nitrogens with zero attached hydrogens (tertiary/aromatic N) is 4. The Kier molecular flexibility index (Phi) is 4.33. The van der Waals surface area contributed by atoms with Gasteiger partial charge in [-0.1, -0.05) is 5.16 Å². The summed E-state index contributed by atoms with van der Waals surface area (Å²) in [6, 6.07) is 11.7. The highest BCUT2D eigenvalue weighted by molar-refractivity contribution is 5.61. The molecule has 1 aromatic carbocycles. The molecule has 0 saturated heterocycles. The Morgan fingerprint density at radius 2 is 1.67 bits per heavy atom. The topological polar surface area (TPSA) is 79.1 Å².